The van der Waals surface area contributed by atoms with E-state index >= 15 is 0 Å². The van der Waals surface area contributed by atoms with E-state index in [0.717, 1.165) is 5.56 Å². The van der Waals surface area contributed by atoms with Crippen LogP contribution in [0.1, 0.15) is 42.9 Å². The summed E-state index contributed by atoms with van der Waals surface area (Å²) >= 11 is 0. The molecule has 0 saturated heterocycles. The molecule has 0 saturated carbocycles. The zero-order valence-corrected chi connectivity index (χ0v) is 11.4. The van der Waals surface area contributed by atoms with Crippen LogP contribution in [-0.2, 0) is 4.74 Å². The number of carbonyl (C=O) groups is 1. The molecule has 0 aliphatic heterocycles. The van der Waals surface area contributed by atoms with E-state index < -0.39 is 0 Å². The van der Waals surface area contributed by atoms with Gasteiger partial charge in [-0.1, -0.05) is 30.3 Å². The first kappa shape index (κ1) is 13.3. The second kappa shape index (κ2) is 5.69. The third-order valence-electron chi connectivity index (χ3n) is 2.92. The Hall–Kier alpha value is -2.10. The molecule has 1 heterocycles. The van der Waals surface area contributed by atoms with Crippen LogP contribution in [0.15, 0.2) is 42.9 Å². The Morgan fingerprint density at radius 1 is 1.21 bits per heavy atom. The summed E-state index contributed by atoms with van der Waals surface area (Å²) < 4.78 is 7.05. The van der Waals surface area contributed by atoms with Gasteiger partial charge in [0, 0.05) is 0 Å². The van der Waals surface area contributed by atoms with Crippen molar-refractivity contribution in [2.45, 2.75) is 32.9 Å². The molecule has 1 atom stereocenters. The zero-order chi connectivity index (χ0) is 13.8. The number of hydrogen-bond acceptors (Lipinski definition) is 3. The minimum Gasteiger partial charge on any atom is -0.458 e. The molecule has 2 rings (SSSR count). The Bertz CT molecular complexity index is 546. The van der Waals surface area contributed by atoms with Crippen molar-refractivity contribution in [1.82, 2.24) is 9.55 Å². The number of esters is 1. The number of aromatic nitrogens is 2. The zero-order valence-electron chi connectivity index (χ0n) is 11.4. The van der Waals surface area contributed by atoms with E-state index in [-0.39, 0.29) is 18.1 Å². The largest absolute Gasteiger partial charge is 0.458 e. The van der Waals surface area contributed by atoms with Gasteiger partial charge in [-0.2, -0.15) is 0 Å². The summed E-state index contributed by atoms with van der Waals surface area (Å²) in [5.74, 6) is -0.338. The van der Waals surface area contributed by atoms with E-state index in [0.29, 0.717) is 5.69 Å². The first-order valence-corrected chi connectivity index (χ1v) is 6.37. The van der Waals surface area contributed by atoms with Gasteiger partial charge in [0.05, 0.1) is 24.7 Å². The van der Waals surface area contributed by atoms with Gasteiger partial charge in [0.1, 0.15) is 5.69 Å². The number of hydrogen-bond donors (Lipinski definition) is 0. The van der Waals surface area contributed by atoms with Crippen molar-refractivity contribution in [3.63, 3.8) is 0 Å². The number of ether oxygens (including phenoxy) is 1. The molecule has 0 N–H and O–H groups in total. The van der Waals surface area contributed by atoms with Gasteiger partial charge in [0.15, 0.2) is 0 Å². The van der Waals surface area contributed by atoms with Crippen LogP contribution in [0.4, 0.5) is 0 Å². The Labute approximate surface area is 113 Å². The number of nitrogens with zero attached hydrogens (tertiary/aromatic N) is 2. The molecule has 0 unspecified atom stereocenters. The first-order valence-electron chi connectivity index (χ1n) is 6.37. The standard InChI is InChI=1S/C15H18N2O2/c1-11(2)19-15(18)14-9-16-10-17(14)12(3)13-7-5-4-6-8-13/h4-12H,1-3H3/t12-/m0/s1. The van der Waals surface area contributed by atoms with Crippen LogP contribution in [0.3, 0.4) is 0 Å². The lowest BCUT2D eigenvalue weighted by molar-refractivity contribution is 0.0364. The van der Waals surface area contributed by atoms with E-state index in [4.69, 9.17) is 4.74 Å². The Balaban J connectivity index is 2.27. The van der Waals surface area contributed by atoms with E-state index in [2.05, 4.69) is 4.98 Å². The van der Waals surface area contributed by atoms with E-state index in [1.807, 2.05) is 55.7 Å². The summed E-state index contributed by atoms with van der Waals surface area (Å²) in [6, 6.07) is 10.0. The number of benzene rings is 1. The minimum atomic E-state index is -0.338. The van der Waals surface area contributed by atoms with E-state index in [1.54, 1.807) is 12.5 Å². The SMILES string of the molecule is CC(C)OC(=O)c1cncn1[C@@H](C)c1ccccc1. The van der Waals surface area contributed by atoms with Gasteiger partial charge in [0.2, 0.25) is 0 Å². The molecule has 0 aliphatic rings. The molecular weight excluding hydrogens is 240 g/mol. The lowest BCUT2D eigenvalue weighted by Crippen LogP contribution is -2.18. The van der Waals surface area contributed by atoms with Crippen molar-refractivity contribution >= 4 is 5.97 Å². The molecule has 19 heavy (non-hydrogen) atoms. The molecular formula is C15H18N2O2. The van der Waals surface area contributed by atoms with Gasteiger partial charge in [0.25, 0.3) is 0 Å². The summed E-state index contributed by atoms with van der Waals surface area (Å²) in [5, 5.41) is 0. The Morgan fingerprint density at radius 3 is 2.53 bits per heavy atom. The molecule has 2 aromatic rings. The molecule has 4 heteroatoms. The lowest BCUT2D eigenvalue weighted by Gasteiger charge is -2.17. The maximum Gasteiger partial charge on any atom is 0.356 e. The Kier molecular flexibility index (Phi) is 4.00. The highest BCUT2D eigenvalue weighted by Gasteiger charge is 2.18. The summed E-state index contributed by atoms with van der Waals surface area (Å²) in [4.78, 5) is 16.0. The monoisotopic (exact) mass is 258 g/mol. The lowest BCUT2D eigenvalue weighted by atomic mass is 10.1. The molecule has 100 valence electrons. The molecule has 0 radical (unpaired) electrons. The van der Waals surface area contributed by atoms with Gasteiger partial charge < -0.3 is 9.30 Å². The summed E-state index contributed by atoms with van der Waals surface area (Å²) in [6.45, 7) is 5.70. The van der Waals surface area contributed by atoms with Crippen LogP contribution in [0, 0.1) is 0 Å². The average molecular weight is 258 g/mol. The quantitative estimate of drug-likeness (QED) is 0.792. The first-order chi connectivity index (χ1) is 9.09. The van der Waals surface area contributed by atoms with Crippen LogP contribution >= 0.6 is 0 Å². The van der Waals surface area contributed by atoms with E-state index in [1.165, 1.54) is 0 Å². The second-order valence-electron chi connectivity index (χ2n) is 4.73. The highest BCUT2D eigenvalue weighted by atomic mass is 16.5. The van der Waals surface area contributed by atoms with Crippen LogP contribution < -0.4 is 0 Å². The minimum absolute atomic E-state index is 0.0402. The fourth-order valence-electron chi connectivity index (χ4n) is 1.94. The predicted molar refractivity (Wildman–Crippen MR) is 73.0 cm³/mol. The summed E-state index contributed by atoms with van der Waals surface area (Å²) in [5.41, 5.74) is 1.60. The molecule has 4 nitrogen and oxygen atoms in total. The van der Waals surface area contributed by atoms with Crippen molar-refractivity contribution in [2.24, 2.45) is 0 Å². The highest BCUT2D eigenvalue weighted by molar-refractivity contribution is 5.87. The molecule has 0 spiro atoms. The maximum atomic E-state index is 12.0. The molecule has 0 amide bonds. The topological polar surface area (TPSA) is 44.1 Å². The van der Waals surface area contributed by atoms with E-state index in [9.17, 15) is 4.79 Å². The second-order valence-corrected chi connectivity index (χ2v) is 4.73. The van der Waals surface area contributed by atoms with Crippen LogP contribution in [0.2, 0.25) is 0 Å². The average Bonchev–Trinajstić information content (AvgIpc) is 2.87. The van der Waals surface area contributed by atoms with Gasteiger partial charge in [-0.15, -0.1) is 0 Å². The highest BCUT2D eigenvalue weighted by Crippen LogP contribution is 2.19. The molecule has 0 bridgehead atoms. The molecule has 1 aromatic carbocycles. The van der Waals surface area contributed by atoms with Gasteiger partial charge >= 0.3 is 5.97 Å². The van der Waals surface area contributed by atoms with Crippen molar-refractivity contribution < 1.29 is 9.53 Å². The van der Waals surface area contributed by atoms with Gasteiger partial charge in [-0.25, -0.2) is 9.78 Å². The van der Waals surface area contributed by atoms with Crippen molar-refractivity contribution in [3.05, 3.63) is 54.1 Å². The van der Waals surface area contributed by atoms with Crippen molar-refractivity contribution in [2.75, 3.05) is 0 Å². The van der Waals surface area contributed by atoms with Gasteiger partial charge in [-0.3, -0.25) is 0 Å². The third-order valence-corrected chi connectivity index (χ3v) is 2.92. The molecule has 0 fully saturated rings. The van der Waals surface area contributed by atoms with Crippen LogP contribution in [-0.4, -0.2) is 21.6 Å². The fraction of sp³-hybridized carbons (Fsp3) is 0.333. The number of imidazole rings is 1. The number of rotatable bonds is 4. The van der Waals surface area contributed by atoms with Crippen molar-refractivity contribution in [1.29, 1.82) is 0 Å². The van der Waals surface area contributed by atoms with Crippen LogP contribution in [0.5, 0.6) is 0 Å². The smallest absolute Gasteiger partial charge is 0.356 e. The third kappa shape index (κ3) is 3.02. The fourth-order valence-corrected chi connectivity index (χ4v) is 1.94. The molecule has 0 aliphatic carbocycles. The summed E-state index contributed by atoms with van der Waals surface area (Å²) in [6.07, 6.45) is 3.07. The normalized spacial score (nSPS) is 12.4. The van der Waals surface area contributed by atoms with Crippen molar-refractivity contribution in [3.8, 4) is 0 Å². The maximum absolute atomic E-state index is 12.0. The Morgan fingerprint density at radius 2 is 1.89 bits per heavy atom. The number of carbonyl (C=O) groups excluding carboxylic acids is 1. The predicted octanol–water partition coefficient (Wildman–Crippen LogP) is 3.06. The van der Waals surface area contributed by atoms with Crippen LogP contribution in [0.25, 0.3) is 0 Å². The van der Waals surface area contributed by atoms with Gasteiger partial charge in [-0.05, 0) is 26.3 Å². The summed E-state index contributed by atoms with van der Waals surface area (Å²) in [7, 11) is 0. The molecule has 1 aromatic heterocycles.